The van der Waals surface area contributed by atoms with E-state index in [1.807, 2.05) is 37.6 Å². The van der Waals surface area contributed by atoms with Crippen molar-refractivity contribution in [3.05, 3.63) is 0 Å². The van der Waals surface area contributed by atoms with Crippen LogP contribution < -0.4 is 5.73 Å². The van der Waals surface area contributed by atoms with Crippen molar-refractivity contribution in [3.8, 4) is 0 Å². The number of rotatable bonds is 3. The molecule has 1 heterocycles. The van der Waals surface area contributed by atoms with Gasteiger partial charge >= 0.3 is 6.09 Å². The van der Waals surface area contributed by atoms with Crippen molar-refractivity contribution in [2.75, 3.05) is 20.1 Å². The number of ether oxygens (including phenoxy) is 1. The zero-order chi connectivity index (χ0) is 16.3. The third-order valence-electron chi connectivity index (χ3n) is 4.18. The first kappa shape index (κ1) is 16.9. The first-order valence-electron chi connectivity index (χ1n) is 8.30. The summed E-state index contributed by atoms with van der Waals surface area (Å²) in [5, 5.41) is 0. The summed E-state index contributed by atoms with van der Waals surface area (Å²) in [6.45, 7) is 6.98. The van der Waals surface area contributed by atoms with Crippen LogP contribution in [0.25, 0.3) is 0 Å². The molecule has 6 nitrogen and oxygen atoms in total. The van der Waals surface area contributed by atoms with Gasteiger partial charge in [0.1, 0.15) is 5.60 Å². The molecule has 0 aromatic carbocycles. The Balaban J connectivity index is 1.94. The molecule has 0 spiro atoms. The number of guanidine groups is 1. The van der Waals surface area contributed by atoms with Crippen LogP contribution in [0.2, 0.25) is 0 Å². The highest BCUT2D eigenvalue weighted by molar-refractivity contribution is 5.78. The van der Waals surface area contributed by atoms with Crippen LogP contribution in [0.1, 0.15) is 52.9 Å². The maximum absolute atomic E-state index is 12.3. The smallest absolute Gasteiger partial charge is 0.410 e. The molecular formula is C16H30N4O2. The van der Waals surface area contributed by atoms with E-state index in [2.05, 4.69) is 4.99 Å². The predicted molar refractivity (Wildman–Crippen MR) is 87.9 cm³/mol. The van der Waals surface area contributed by atoms with Gasteiger partial charge in [-0.05, 0) is 52.9 Å². The zero-order valence-corrected chi connectivity index (χ0v) is 14.3. The molecule has 1 atom stereocenters. The van der Waals surface area contributed by atoms with Gasteiger partial charge in [0.05, 0.1) is 12.6 Å². The second kappa shape index (κ2) is 6.75. The average Bonchev–Trinajstić information content (AvgIpc) is 3.27. The maximum Gasteiger partial charge on any atom is 0.410 e. The van der Waals surface area contributed by atoms with Crippen molar-refractivity contribution in [3.63, 3.8) is 0 Å². The lowest BCUT2D eigenvalue weighted by Crippen LogP contribution is -2.48. The molecule has 1 aliphatic carbocycles. The van der Waals surface area contributed by atoms with Crippen molar-refractivity contribution in [2.24, 2.45) is 10.7 Å². The highest BCUT2D eigenvalue weighted by Gasteiger charge is 2.31. The average molecular weight is 310 g/mol. The summed E-state index contributed by atoms with van der Waals surface area (Å²) in [4.78, 5) is 20.7. The van der Waals surface area contributed by atoms with Crippen molar-refractivity contribution in [2.45, 2.75) is 70.6 Å². The van der Waals surface area contributed by atoms with Gasteiger partial charge in [-0.2, -0.15) is 0 Å². The Bertz CT molecular complexity index is 426. The van der Waals surface area contributed by atoms with Gasteiger partial charge in [-0.3, -0.25) is 4.99 Å². The Morgan fingerprint density at radius 1 is 1.32 bits per heavy atom. The van der Waals surface area contributed by atoms with Crippen molar-refractivity contribution in [1.82, 2.24) is 9.80 Å². The third kappa shape index (κ3) is 4.78. The van der Waals surface area contributed by atoms with E-state index in [1.54, 1.807) is 0 Å². The Kier molecular flexibility index (Phi) is 5.19. The van der Waals surface area contributed by atoms with E-state index in [1.165, 1.54) is 12.8 Å². The van der Waals surface area contributed by atoms with Gasteiger partial charge < -0.3 is 20.3 Å². The van der Waals surface area contributed by atoms with E-state index in [-0.39, 0.29) is 12.1 Å². The highest BCUT2D eigenvalue weighted by Crippen LogP contribution is 2.25. The van der Waals surface area contributed by atoms with E-state index in [9.17, 15) is 4.79 Å². The second-order valence-electron chi connectivity index (χ2n) is 7.36. The summed E-state index contributed by atoms with van der Waals surface area (Å²) >= 11 is 0. The Morgan fingerprint density at radius 3 is 2.59 bits per heavy atom. The quantitative estimate of drug-likeness (QED) is 0.641. The number of hydrogen-bond donors (Lipinski definition) is 1. The molecule has 22 heavy (non-hydrogen) atoms. The van der Waals surface area contributed by atoms with Gasteiger partial charge in [-0.15, -0.1) is 0 Å². The Morgan fingerprint density at radius 2 is 2.00 bits per heavy atom. The monoisotopic (exact) mass is 310 g/mol. The molecule has 2 aliphatic rings. The van der Waals surface area contributed by atoms with E-state index in [0.717, 1.165) is 25.8 Å². The van der Waals surface area contributed by atoms with E-state index in [4.69, 9.17) is 10.5 Å². The number of nitrogens with zero attached hydrogens (tertiary/aromatic N) is 3. The van der Waals surface area contributed by atoms with Gasteiger partial charge in [0, 0.05) is 19.6 Å². The lowest BCUT2D eigenvalue weighted by molar-refractivity contribution is 0.0109. The fourth-order valence-electron chi connectivity index (χ4n) is 2.71. The predicted octanol–water partition coefficient (Wildman–Crippen LogP) is 2.18. The first-order valence-corrected chi connectivity index (χ1v) is 8.30. The molecule has 1 amide bonds. The zero-order valence-electron chi connectivity index (χ0n) is 14.3. The van der Waals surface area contributed by atoms with Gasteiger partial charge in [0.15, 0.2) is 5.96 Å². The molecular weight excluding hydrogens is 280 g/mol. The van der Waals surface area contributed by atoms with Gasteiger partial charge in [-0.1, -0.05) is 0 Å². The van der Waals surface area contributed by atoms with Crippen molar-refractivity contribution in [1.29, 1.82) is 0 Å². The van der Waals surface area contributed by atoms with E-state index < -0.39 is 5.60 Å². The van der Waals surface area contributed by atoms with Crippen molar-refractivity contribution >= 4 is 12.1 Å². The minimum absolute atomic E-state index is 0.0924. The van der Waals surface area contributed by atoms with E-state index in [0.29, 0.717) is 18.5 Å². The summed E-state index contributed by atoms with van der Waals surface area (Å²) in [6.07, 6.45) is 5.26. The summed E-state index contributed by atoms with van der Waals surface area (Å²) in [5.74, 6) is 0.581. The number of piperidine rings is 1. The number of amides is 1. The van der Waals surface area contributed by atoms with Crippen LogP contribution in [0.5, 0.6) is 0 Å². The molecule has 0 radical (unpaired) electrons. The lowest BCUT2D eigenvalue weighted by atomic mass is 10.0. The Labute approximate surface area is 133 Å². The molecule has 126 valence electrons. The molecule has 0 aromatic rings. The van der Waals surface area contributed by atoms with Crippen molar-refractivity contribution < 1.29 is 9.53 Å². The van der Waals surface area contributed by atoms with Crippen LogP contribution in [0.3, 0.4) is 0 Å². The number of hydrogen-bond acceptors (Lipinski definition) is 3. The summed E-state index contributed by atoms with van der Waals surface area (Å²) < 4.78 is 5.51. The standard InChI is InChI=1S/C16H30N4O2/c1-16(2,3)22-15(21)20-10-6-5-7-13(20)11-18-14(17)19(4)12-8-9-12/h12-13H,5-11H2,1-4H3,(H2,17,18). The van der Waals surface area contributed by atoms with Gasteiger partial charge in [-0.25, -0.2) is 4.79 Å². The fraction of sp³-hybridized carbons (Fsp3) is 0.875. The first-order chi connectivity index (χ1) is 10.3. The molecule has 1 aliphatic heterocycles. The topological polar surface area (TPSA) is 71.2 Å². The SMILES string of the molecule is CN(C(N)=NCC1CCCCN1C(=O)OC(C)(C)C)C1CC1. The fourth-order valence-corrected chi connectivity index (χ4v) is 2.71. The van der Waals surface area contributed by atoms with Gasteiger partial charge in [0.2, 0.25) is 0 Å². The molecule has 1 unspecified atom stereocenters. The van der Waals surface area contributed by atoms with Crippen LogP contribution in [0, 0.1) is 0 Å². The minimum atomic E-state index is -0.465. The number of carbonyl (C=O) groups is 1. The van der Waals surface area contributed by atoms with Crippen LogP contribution >= 0.6 is 0 Å². The van der Waals surface area contributed by atoms with E-state index >= 15 is 0 Å². The largest absolute Gasteiger partial charge is 0.444 e. The van der Waals surface area contributed by atoms with Gasteiger partial charge in [0.25, 0.3) is 0 Å². The maximum atomic E-state index is 12.3. The van der Waals surface area contributed by atoms with Crippen LogP contribution in [0.4, 0.5) is 4.79 Å². The second-order valence-corrected chi connectivity index (χ2v) is 7.36. The number of aliphatic imine (C=N–C) groups is 1. The van der Waals surface area contributed by atoms with Crippen LogP contribution in [-0.4, -0.2) is 59.7 Å². The molecule has 6 heteroatoms. The lowest BCUT2D eigenvalue weighted by Gasteiger charge is -2.36. The molecule has 1 saturated heterocycles. The molecule has 2 N–H and O–H groups in total. The Hall–Kier alpha value is -1.46. The highest BCUT2D eigenvalue weighted by atomic mass is 16.6. The summed E-state index contributed by atoms with van der Waals surface area (Å²) in [7, 11) is 1.99. The number of carbonyl (C=O) groups excluding carboxylic acids is 1. The summed E-state index contributed by atoms with van der Waals surface area (Å²) in [6, 6.07) is 0.645. The molecule has 0 bridgehead atoms. The minimum Gasteiger partial charge on any atom is -0.444 e. The number of likely N-dealkylation sites (tertiary alicyclic amines) is 1. The normalized spacial score (nSPS) is 23.4. The van der Waals surface area contributed by atoms with Crippen LogP contribution in [0.15, 0.2) is 4.99 Å². The summed E-state index contributed by atoms with van der Waals surface area (Å²) in [5.41, 5.74) is 5.58. The molecule has 1 saturated carbocycles. The van der Waals surface area contributed by atoms with Crippen LogP contribution in [-0.2, 0) is 4.74 Å². The molecule has 2 fully saturated rings. The molecule has 0 aromatic heterocycles. The third-order valence-corrected chi connectivity index (χ3v) is 4.18. The number of nitrogens with two attached hydrogens (primary N) is 1. The molecule has 2 rings (SSSR count).